The van der Waals surface area contributed by atoms with Crippen LogP contribution in [0.3, 0.4) is 0 Å². The lowest BCUT2D eigenvalue weighted by Crippen LogP contribution is -2.54. The summed E-state index contributed by atoms with van der Waals surface area (Å²) in [4.78, 5) is 10.8. The molecule has 1 aromatic heterocycles. The van der Waals surface area contributed by atoms with Gasteiger partial charge >= 0.3 is 0 Å². The number of aromatic nitrogens is 2. The molecule has 1 fully saturated rings. The van der Waals surface area contributed by atoms with Gasteiger partial charge in [-0.25, -0.2) is 9.97 Å². The number of hydrogen-bond acceptors (Lipinski definition) is 4. The molecule has 1 aromatic carbocycles. The summed E-state index contributed by atoms with van der Waals surface area (Å²) in [5.74, 6) is 0.605. The third-order valence-electron chi connectivity index (χ3n) is 4.21. The van der Waals surface area contributed by atoms with E-state index in [9.17, 15) is 0 Å². The lowest BCUT2D eigenvalue weighted by Gasteiger charge is -2.43. The van der Waals surface area contributed by atoms with Crippen molar-refractivity contribution in [3.05, 3.63) is 54.6 Å². The molecule has 2 aromatic rings. The topological polar surface area (TPSA) is 41.1 Å². The molecule has 21 heavy (non-hydrogen) atoms. The standard InChI is InChI=1S/C17H22N4/c1-13(2)16-11-21(15-8-18-12-19-9-15)17(10-20-16)14-6-4-3-5-7-14/h3-9,12-13,16-17,20H,10-11H2,1-2H3. The summed E-state index contributed by atoms with van der Waals surface area (Å²) in [5, 5.41) is 3.68. The molecule has 110 valence electrons. The van der Waals surface area contributed by atoms with Crippen molar-refractivity contribution in [2.75, 3.05) is 18.0 Å². The molecule has 1 saturated heterocycles. The second-order valence-electron chi connectivity index (χ2n) is 5.93. The first-order chi connectivity index (χ1) is 10.3. The quantitative estimate of drug-likeness (QED) is 0.939. The van der Waals surface area contributed by atoms with Crippen molar-refractivity contribution in [3.63, 3.8) is 0 Å². The van der Waals surface area contributed by atoms with Crippen LogP contribution in [-0.2, 0) is 0 Å². The number of anilines is 1. The molecule has 4 heteroatoms. The van der Waals surface area contributed by atoms with E-state index in [-0.39, 0.29) is 0 Å². The number of nitrogens with one attached hydrogen (secondary N) is 1. The molecule has 4 nitrogen and oxygen atoms in total. The zero-order valence-corrected chi connectivity index (χ0v) is 12.6. The fourth-order valence-electron chi connectivity index (χ4n) is 2.92. The van der Waals surface area contributed by atoms with Crippen molar-refractivity contribution in [3.8, 4) is 0 Å². The molecule has 3 rings (SSSR count). The normalized spacial score (nSPS) is 22.5. The molecule has 0 radical (unpaired) electrons. The monoisotopic (exact) mass is 282 g/mol. The molecule has 1 N–H and O–H groups in total. The van der Waals surface area contributed by atoms with Gasteiger partial charge < -0.3 is 10.2 Å². The van der Waals surface area contributed by atoms with E-state index in [4.69, 9.17) is 0 Å². The van der Waals surface area contributed by atoms with Crippen molar-refractivity contribution in [2.24, 2.45) is 5.92 Å². The maximum Gasteiger partial charge on any atom is 0.115 e. The minimum Gasteiger partial charge on any atom is -0.359 e. The molecule has 1 aliphatic rings. The summed E-state index contributed by atoms with van der Waals surface area (Å²) in [6.45, 7) is 6.45. The predicted octanol–water partition coefficient (Wildman–Crippen LogP) is 2.65. The first kappa shape index (κ1) is 14.0. The Bertz CT molecular complexity index is 556. The van der Waals surface area contributed by atoms with E-state index < -0.39 is 0 Å². The average molecular weight is 282 g/mol. The van der Waals surface area contributed by atoms with Gasteiger partial charge in [-0.1, -0.05) is 44.2 Å². The van der Waals surface area contributed by atoms with Crippen LogP contribution in [0.15, 0.2) is 49.1 Å². The van der Waals surface area contributed by atoms with Crippen molar-refractivity contribution in [1.82, 2.24) is 15.3 Å². The summed E-state index contributed by atoms with van der Waals surface area (Å²) in [6.07, 6.45) is 5.40. The number of benzene rings is 1. The Morgan fingerprint density at radius 3 is 2.52 bits per heavy atom. The SMILES string of the molecule is CC(C)C1CN(c2cncnc2)C(c2ccccc2)CN1. The van der Waals surface area contributed by atoms with Crippen molar-refractivity contribution in [1.29, 1.82) is 0 Å². The maximum absolute atomic E-state index is 4.18. The molecular formula is C17H22N4. The van der Waals surface area contributed by atoms with E-state index in [1.807, 2.05) is 12.4 Å². The van der Waals surface area contributed by atoms with Gasteiger partial charge in [0.25, 0.3) is 0 Å². The zero-order chi connectivity index (χ0) is 14.7. The Hall–Kier alpha value is -1.94. The summed E-state index contributed by atoms with van der Waals surface area (Å²) in [7, 11) is 0. The van der Waals surface area contributed by atoms with Crippen LogP contribution in [0.5, 0.6) is 0 Å². The van der Waals surface area contributed by atoms with Gasteiger partial charge in [-0.15, -0.1) is 0 Å². The van der Waals surface area contributed by atoms with Crippen LogP contribution in [0.4, 0.5) is 5.69 Å². The fraction of sp³-hybridized carbons (Fsp3) is 0.412. The van der Waals surface area contributed by atoms with E-state index in [2.05, 4.69) is 64.4 Å². The molecule has 1 aliphatic heterocycles. The van der Waals surface area contributed by atoms with Gasteiger partial charge in [0.05, 0.1) is 24.1 Å². The Morgan fingerprint density at radius 2 is 1.86 bits per heavy atom. The molecule has 0 bridgehead atoms. The molecule has 0 spiro atoms. The summed E-state index contributed by atoms with van der Waals surface area (Å²) in [6, 6.07) is 11.5. The summed E-state index contributed by atoms with van der Waals surface area (Å²) < 4.78 is 0. The van der Waals surface area contributed by atoms with E-state index in [1.54, 1.807) is 6.33 Å². The third kappa shape index (κ3) is 3.05. The predicted molar refractivity (Wildman–Crippen MR) is 85.2 cm³/mol. The number of rotatable bonds is 3. The second-order valence-corrected chi connectivity index (χ2v) is 5.93. The molecular weight excluding hydrogens is 260 g/mol. The first-order valence-electron chi connectivity index (χ1n) is 7.55. The first-order valence-corrected chi connectivity index (χ1v) is 7.55. The largest absolute Gasteiger partial charge is 0.359 e. The lowest BCUT2D eigenvalue weighted by molar-refractivity contribution is 0.331. The molecule has 2 atom stereocenters. The molecule has 2 unspecified atom stereocenters. The number of nitrogens with zero attached hydrogens (tertiary/aromatic N) is 3. The Balaban J connectivity index is 1.91. The zero-order valence-electron chi connectivity index (χ0n) is 12.6. The Kier molecular flexibility index (Phi) is 4.15. The fourth-order valence-corrected chi connectivity index (χ4v) is 2.92. The number of hydrogen-bond donors (Lipinski definition) is 1. The van der Waals surface area contributed by atoms with Gasteiger partial charge in [0, 0.05) is 19.1 Å². The van der Waals surface area contributed by atoms with Crippen molar-refractivity contribution < 1.29 is 0 Å². The van der Waals surface area contributed by atoms with Crippen molar-refractivity contribution >= 4 is 5.69 Å². The van der Waals surface area contributed by atoms with Crippen LogP contribution >= 0.6 is 0 Å². The number of piperazine rings is 1. The average Bonchev–Trinajstić information content (AvgIpc) is 2.56. The highest BCUT2D eigenvalue weighted by atomic mass is 15.2. The van der Waals surface area contributed by atoms with Crippen LogP contribution in [0.1, 0.15) is 25.5 Å². The van der Waals surface area contributed by atoms with Gasteiger partial charge in [0.1, 0.15) is 6.33 Å². The van der Waals surface area contributed by atoms with Gasteiger partial charge in [-0.2, -0.15) is 0 Å². The van der Waals surface area contributed by atoms with Gasteiger partial charge in [-0.05, 0) is 11.5 Å². The smallest absolute Gasteiger partial charge is 0.115 e. The molecule has 0 aliphatic carbocycles. The van der Waals surface area contributed by atoms with Gasteiger partial charge in [-0.3, -0.25) is 0 Å². The molecule has 0 amide bonds. The van der Waals surface area contributed by atoms with Crippen LogP contribution in [-0.4, -0.2) is 29.1 Å². The highest BCUT2D eigenvalue weighted by Gasteiger charge is 2.30. The minimum absolute atomic E-state index is 0.326. The Morgan fingerprint density at radius 1 is 1.14 bits per heavy atom. The third-order valence-corrected chi connectivity index (χ3v) is 4.21. The van der Waals surface area contributed by atoms with Crippen LogP contribution < -0.4 is 10.2 Å². The van der Waals surface area contributed by atoms with Gasteiger partial charge in [0.15, 0.2) is 0 Å². The van der Waals surface area contributed by atoms with Crippen LogP contribution in [0.2, 0.25) is 0 Å². The molecule has 0 saturated carbocycles. The van der Waals surface area contributed by atoms with Crippen LogP contribution in [0, 0.1) is 5.92 Å². The second kappa shape index (κ2) is 6.22. The van der Waals surface area contributed by atoms with Gasteiger partial charge in [0.2, 0.25) is 0 Å². The summed E-state index contributed by atoms with van der Waals surface area (Å²) >= 11 is 0. The van der Waals surface area contributed by atoms with Crippen LogP contribution in [0.25, 0.3) is 0 Å². The highest BCUT2D eigenvalue weighted by Crippen LogP contribution is 2.29. The van der Waals surface area contributed by atoms with E-state index in [1.165, 1.54) is 5.56 Å². The highest BCUT2D eigenvalue weighted by molar-refractivity contribution is 5.46. The van der Waals surface area contributed by atoms with Crippen molar-refractivity contribution in [2.45, 2.75) is 25.9 Å². The summed E-state index contributed by atoms with van der Waals surface area (Å²) in [5.41, 5.74) is 2.43. The van der Waals surface area contributed by atoms with E-state index in [0.29, 0.717) is 18.0 Å². The molecule has 2 heterocycles. The van der Waals surface area contributed by atoms with E-state index >= 15 is 0 Å². The lowest BCUT2D eigenvalue weighted by atomic mass is 9.95. The Labute approximate surface area is 126 Å². The minimum atomic E-state index is 0.326. The van der Waals surface area contributed by atoms with E-state index in [0.717, 1.165) is 18.8 Å². The maximum atomic E-state index is 4.18.